The molecule has 30 heavy (non-hydrogen) atoms. The van der Waals surface area contributed by atoms with Crippen LogP contribution in [0.3, 0.4) is 0 Å². The van der Waals surface area contributed by atoms with Gasteiger partial charge in [-0.15, -0.1) is 11.3 Å². The number of amides is 1. The zero-order valence-corrected chi connectivity index (χ0v) is 18.8. The van der Waals surface area contributed by atoms with E-state index in [0.717, 1.165) is 17.4 Å². The lowest BCUT2D eigenvalue weighted by atomic mass is 9.89. The largest absolute Gasteiger partial charge is 0.416 e. The van der Waals surface area contributed by atoms with Crippen molar-refractivity contribution in [1.29, 1.82) is 0 Å². The van der Waals surface area contributed by atoms with Crippen LogP contribution < -0.4 is 11.5 Å². The van der Waals surface area contributed by atoms with E-state index in [0.29, 0.717) is 20.6 Å². The number of thiophene rings is 1. The number of rotatable bonds is 6. The van der Waals surface area contributed by atoms with Gasteiger partial charge in [0.05, 0.1) is 36.7 Å². The molecule has 0 bridgehead atoms. The summed E-state index contributed by atoms with van der Waals surface area (Å²) in [4.78, 5) is 12.9. The number of aromatic nitrogens is 2. The van der Waals surface area contributed by atoms with Gasteiger partial charge in [0.1, 0.15) is 0 Å². The Labute approximate surface area is 187 Å². The molecule has 160 valence electrons. The van der Waals surface area contributed by atoms with Crippen molar-refractivity contribution in [2.75, 3.05) is 6.54 Å². The van der Waals surface area contributed by atoms with Gasteiger partial charge in [-0.3, -0.25) is 9.48 Å². The zero-order valence-electron chi connectivity index (χ0n) is 15.6. The first-order chi connectivity index (χ1) is 14.1. The second kappa shape index (κ2) is 8.70. The molecule has 0 saturated carbocycles. The molecule has 2 heterocycles. The molecule has 1 aromatic carbocycles. The Morgan fingerprint density at radius 3 is 2.57 bits per heavy atom. The first-order valence-corrected chi connectivity index (χ1v) is 10.7. The van der Waals surface area contributed by atoms with Crippen LogP contribution in [0.1, 0.15) is 32.3 Å². The van der Waals surface area contributed by atoms with Crippen LogP contribution in [0.2, 0.25) is 5.02 Å². The molecular weight excluding hydrogens is 505 g/mol. The van der Waals surface area contributed by atoms with E-state index < -0.39 is 23.6 Å². The van der Waals surface area contributed by atoms with Crippen molar-refractivity contribution >= 4 is 44.8 Å². The molecule has 0 unspecified atom stereocenters. The van der Waals surface area contributed by atoms with E-state index in [9.17, 15) is 18.0 Å². The average molecular weight is 522 g/mol. The lowest BCUT2D eigenvalue weighted by Gasteiger charge is -2.19. The SMILES string of the molecule is Cn1ncc(Br)c1-c1sc(C(N)=O)c([C@@H](CN)Cc2ccccc2C(F)(F)F)c1Cl. The van der Waals surface area contributed by atoms with Crippen LogP contribution in [0.25, 0.3) is 10.6 Å². The number of nitrogens with two attached hydrogens (primary N) is 2. The number of hydrogen-bond donors (Lipinski definition) is 2. The van der Waals surface area contributed by atoms with Crippen LogP contribution >= 0.6 is 38.9 Å². The molecular formula is C19H17BrClF3N4OS. The summed E-state index contributed by atoms with van der Waals surface area (Å²) < 4.78 is 42.5. The number of halogens is 5. The van der Waals surface area contributed by atoms with E-state index in [1.54, 1.807) is 17.9 Å². The normalized spacial score (nSPS) is 12.9. The third-order valence-electron chi connectivity index (χ3n) is 4.70. The number of hydrogen-bond acceptors (Lipinski definition) is 4. The van der Waals surface area contributed by atoms with Gasteiger partial charge < -0.3 is 11.5 Å². The molecule has 2 aromatic heterocycles. The smallest absolute Gasteiger partial charge is 0.365 e. The lowest BCUT2D eigenvalue weighted by Crippen LogP contribution is -2.21. The fraction of sp³-hybridized carbons (Fsp3) is 0.263. The summed E-state index contributed by atoms with van der Waals surface area (Å²) in [5.74, 6) is -1.36. The van der Waals surface area contributed by atoms with Gasteiger partial charge in [-0.1, -0.05) is 29.8 Å². The molecule has 0 aliphatic heterocycles. The van der Waals surface area contributed by atoms with Crippen molar-refractivity contribution in [3.05, 3.63) is 61.5 Å². The Bertz CT molecular complexity index is 1080. The highest BCUT2D eigenvalue weighted by Gasteiger charge is 2.35. The van der Waals surface area contributed by atoms with Gasteiger partial charge in [0.15, 0.2) is 0 Å². The molecule has 0 radical (unpaired) electrons. The minimum Gasteiger partial charge on any atom is -0.365 e. The van der Waals surface area contributed by atoms with Crippen LogP contribution in [-0.4, -0.2) is 22.2 Å². The van der Waals surface area contributed by atoms with E-state index in [4.69, 9.17) is 23.1 Å². The highest BCUT2D eigenvalue weighted by Crippen LogP contribution is 2.46. The maximum Gasteiger partial charge on any atom is 0.416 e. The zero-order chi connectivity index (χ0) is 22.2. The number of alkyl halides is 3. The van der Waals surface area contributed by atoms with E-state index in [1.165, 1.54) is 18.2 Å². The summed E-state index contributed by atoms with van der Waals surface area (Å²) in [7, 11) is 1.71. The Hall–Kier alpha value is -1.88. The fourth-order valence-electron chi connectivity index (χ4n) is 3.33. The van der Waals surface area contributed by atoms with Crippen molar-refractivity contribution in [2.45, 2.75) is 18.5 Å². The topological polar surface area (TPSA) is 86.9 Å². The number of benzene rings is 1. The molecule has 11 heteroatoms. The van der Waals surface area contributed by atoms with Gasteiger partial charge in [0.2, 0.25) is 0 Å². The van der Waals surface area contributed by atoms with Crippen LogP contribution in [0, 0.1) is 0 Å². The molecule has 3 aromatic rings. The first-order valence-electron chi connectivity index (χ1n) is 8.71. The van der Waals surface area contributed by atoms with Crippen LogP contribution in [0.4, 0.5) is 13.2 Å². The van der Waals surface area contributed by atoms with Gasteiger partial charge >= 0.3 is 6.18 Å². The van der Waals surface area contributed by atoms with Gasteiger partial charge in [-0.2, -0.15) is 18.3 Å². The van der Waals surface area contributed by atoms with Gasteiger partial charge in [0, 0.05) is 13.0 Å². The molecule has 1 atom stereocenters. The second-order valence-electron chi connectivity index (χ2n) is 6.61. The lowest BCUT2D eigenvalue weighted by molar-refractivity contribution is -0.138. The van der Waals surface area contributed by atoms with Crippen molar-refractivity contribution in [3.63, 3.8) is 0 Å². The van der Waals surface area contributed by atoms with Crippen molar-refractivity contribution in [2.24, 2.45) is 18.5 Å². The highest BCUT2D eigenvalue weighted by molar-refractivity contribution is 9.10. The second-order valence-corrected chi connectivity index (χ2v) is 8.86. The average Bonchev–Trinajstić information content (AvgIpc) is 3.18. The highest BCUT2D eigenvalue weighted by atomic mass is 79.9. The summed E-state index contributed by atoms with van der Waals surface area (Å²) in [6.07, 6.45) is -2.98. The molecule has 0 fully saturated rings. The Morgan fingerprint density at radius 1 is 1.37 bits per heavy atom. The number of aryl methyl sites for hydroxylation is 1. The van der Waals surface area contributed by atoms with Crippen LogP contribution in [-0.2, 0) is 19.6 Å². The van der Waals surface area contributed by atoms with Crippen LogP contribution in [0.5, 0.6) is 0 Å². The van der Waals surface area contributed by atoms with Gasteiger partial charge in [-0.25, -0.2) is 0 Å². The minimum atomic E-state index is -4.51. The number of nitrogens with zero attached hydrogens (tertiary/aromatic N) is 2. The first kappa shape index (κ1) is 22.8. The van der Waals surface area contributed by atoms with E-state index in [2.05, 4.69) is 21.0 Å². The number of carbonyl (C=O) groups is 1. The van der Waals surface area contributed by atoms with Crippen LogP contribution in [0.15, 0.2) is 34.9 Å². The summed E-state index contributed by atoms with van der Waals surface area (Å²) in [5, 5.41) is 4.38. The van der Waals surface area contributed by atoms with E-state index in [-0.39, 0.29) is 28.4 Å². The molecule has 4 N–H and O–H groups in total. The standard InChI is InChI=1S/C19H17BrClF3N4OS/c1-28-15(12(20)8-27-28)17-14(21)13(16(30-17)18(26)29)10(7-25)6-9-4-2-3-5-11(9)19(22,23)24/h2-5,8,10H,6-7,25H2,1H3,(H2,26,29)/t10-/m1/s1. The van der Waals surface area contributed by atoms with E-state index >= 15 is 0 Å². The minimum absolute atomic E-state index is 0.0189. The van der Waals surface area contributed by atoms with Gasteiger partial charge in [-0.05, 0) is 46.1 Å². The predicted molar refractivity (Wildman–Crippen MR) is 115 cm³/mol. The maximum absolute atomic E-state index is 13.4. The number of primary amides is 1. The Balaban J connectivity index is 2.13. The number of carbonyl (C=O) groups excluding carboxylic acids is 1. The Morgan fingerprint density at radius 2 is 2.03 bits per heavy atom. The quantitative estimate of drug-likeness (QED) is 0.480. The molecule has 0 aliphatic carbocycles. The van der Waals surface area contributed by atoms with Gasteiger partial charge in [0.25, 0.3) is 5.91 Å². The molecule has 0 saturated heterocycles. The van der Waals surface area contributed by atoms with E-state index in [1.807, 2.05) is 0 Å². The molecule has 3 rings (SSSR count). The molecule has 0 spiro atoms. The van der Waals surface area contributed by atoms with Crippen molar-refractivity contribution in [3.8, 4) is 10.6 Å². The van der Waals surface area contributed by atoms with Crippen molar-refractivity contribution in [1.82, 2.24) is 9.78 Å². The monoisotopic (exact) mass is 520 g/mol. The molecule has 0 aliphatic rings. The Kier molecular flexibility index (Phi) is 6.61. The summed E-state index contributed by atoms with van der Waals surface area (Å²) >= 11 is 11.1. The predicted octanol–water partition coefficient (Wildman–Crippen LogP) is 4.97. The molecule has 5 nitrogen and oxygen atoms in total. The molecule has 1 amide bonds. The third kappa shape index (κ3) is 4.27. The summed E-state index contributed by atoms with van der Waals surface area (Å²) in [6.45, 7) is -0.0189. The third-order valence-corrected chi connectivity index (χ3v) is 7.01. The summed E-state index contributed by atoms with van der Waals surface area (Å²) in [6, 6.07) is 5.27. The maximum atomic E-state index is 13.4. The summed E-state index contributed by atoms with van der Waals surface area (Å²) in [5.41, 5.74) is 11.8. The van der Waals surface area contributed by atoms with Crippen molar-refractivity contribution < 1.29 is 18.0 Å². The fourth-order valence-corrected chi connectivity index (χ4v) is 5.74.